The van der Waals surface area contributed by atoms with Crippen LogP contribution in [0.15, 0.2) is 75.9 Å². The first-order chi connectivity index (χ1) is 15.2. The van der Waals surface area contributed by atoms with Gasteiger partial charge in [-0.05, 0) is 43.3 Å². The number of ether oxygens (including phenoxy) is 1. The maximum atomic E-state index is 12.8. The van der Waals surface area contributed by atoms with Gasteiger partial charge in [0.15, 0.2) is 5.82 Å². The number of hydrogen-bond donors (Lipinski definition) is 0. The van der Waals surface area contributed by atoms with E-state index in [0.29, 0.717) is 29.3 Å². The number of furan rings is 1. The van der Waals surface area contributed by atoms with E-state index in [2.05, 4.69) is 10.2 Å². The van der Waals surface area contributed by atoms with Crippen molar-refractivity contribution >= 4 is 38.6 Å². The van der Waals surface area contributed by atoms with Gasteiger partial charge in [0, 0.05) is 17.3 Å². The van der Waals surface area contributed by atoms with E-state index in [4.69, 9.17) is 9.15 Å². The summed E-state index contributed by atoms with van der Waals surface area (Å²) in [6, 6.07) is 21.2. The summed E-state index contributed by atoms with van der Waals surface area (Å²) in [6.07, 6.45) is 0. The van der Waals surface area contributed by atoms with E-state index in [1.807, 2.05) is 78.1 Å². The van der Waals surface area contributed by atoms with Gasteiger partial charge >= 0.3 is 0 Å². The number of benzene rings is 3. The van der Waals surface area contributed by atoms with Gasteiger partial charge in [-0.2, -0.15) is 0 Å². The van der Waals surface area contributed by atoms with Crippen molar-refractivity contribution in [1.82, 2.24) is 19.2 Å². The lowest BCUT2D eigenvalue weighted by Crippen LogP contribution is -2.22. The molecule has 0 spiro atoms. The molecule has 3 aromatic heterocycles. The van der Waals surface area contributed by atoms with Crippen LogP contribution in [0.3, 0.4) is 0 Å². The Morgan fingerprint density at radius 1 is 0.903 bits per heavy atom. The van der Waals surface area contributed by atoms with Crippen LogP contribution in [0, 0.1) is 0 Å². The Morgan fingerprint density at radius 3 is 2.55 bits per heavy atom. The molecule has 0 radical (unpaired) electrons. The smallest absolute Gasteiger partial charge is 0.262 e. The first-order valence-electron chi connectivity index (χ1n) is 10.1. The fourth-order valence-electron chi connectivity index (χ4n) is 4.14. The van der Waals surface area contributed by atoms with Crippen molar-refractivity contribution in [2.75, 3.05) is 0 Å². The molecule has 0 saturated heterocycles. The Labute approximate surface area is 176 Å². The molecule has 0 saturated carbocycles. The third-order valence-electron chi connectivity index (χ3n) is 5.61. The molecule has 0 aliphatic carbocycles. The van der Waals surface area contributed by atoms with Gasteiger partial charge < -0.3 is 9.15 Å². The fourth-order valence-corrected chi connectivity index (χ4v) is 4.14. The molecule has 0 bridgehead atoms. The van der Waals surface area contributed by atoms with Gasteiger partial charge in [0.1, 0.15) is 23.5 Å². The summed E-state index contributed by atoms with van der Waals surface area (Å²) in [6.45, 7) is 2.65. The molecular formula is C24H18N4O3. The normalized spacial score (nSPS) is 11.8. The molecule has 3 aromatic carbocycles. The van der Waals surface area contributed by atoms with Crippen LogP contribution in [0.25, 0.3) is 38.6 Å². The van der Waals surface area contributed by atoms with E-state index in [9.17, 15) is 4.79 Å². The first-order valence-corrected chi connectivity index (χ1v) is 10.1. The maximum Gasteiger partial charge on any atom is 0.262 e. The molecule has 152 valence electrons. The second-order valence-electron chi connectivity index (χ2n) is 7.36. The number of para-hydroxylation sites is 2. The highest BCUT2D eigenvalue weighted by Crippen LogP contribution is 2.31. The summed E-state index contributed by atoms with van der Waals surface area (Å²) in [5, 5.41) is 11.3. The number of aryl methyl sites for hydroxylation is 1. The van der Waals surface area contributed by atoms with Crippen molar-refractivity contribution in [2.45, 2.75) is 20.1 Å². The lowest BCUT2D eigenvalue weighted by Gasteiger charge is -2.10. The topological polar surface area (TPSA) is 74.6 Å². The third-order valence-corrected chi connectivity index (χ3v) is 5.61. The molecule has 0 N–H and O–H groups in total. The molecule has 0 unspecified atom stereocenters. The van der Waals surface area contributed by atoms with Crippen LogP contribution in [0.1, 0.15) is 12.7 Å². The standard InChI is InChI=1S/C24H18N4O3/c1-2-27-23(29)17-8-3-5-9-19(17)28-22(25-26-24(27)28)14-30-15-11-12-21-18(13-15)16-7-4-6-10-20(16)31-21/h3-13H,2,14H2,1H3. The third kappa shape index (κ3) is 2.63. The molecule has 0 amide bonds. The minimum atomic E-state index is -0.0669. The molecule has 31 heavy (non-hydrogen) atoms. The van der Waals surface area contributed by atoms with Gasteiger partial charge in [-0.25, -0.2) is 0 Å². The van der Waals surface area contributed by atoms with E-state index >= 15 is 0 Å². The molecule has 6 aromatic rings. The Morgan fingerprint density at radius 2 is 1.68 bits per heavy atom. The van der Waals surface area contributed by atoms with Crippen molar-refractivity contribution in [3.8, 4) is 5.75 Å². The van der Waals surface area contributed by atoms with Crippen molar-refractivity contribution in [3.05, 3.63) is 82.9 Å². The van der Waals surface area contributed by atoms with Crippen LogP contribution in [0.5, 0.6) is 5.75 Å². The number of rotatable bonds is 4. The van der Waals surface area contributed by atoms with Gasteiger partial charge in [-0.15, -0.1) is 10.2 Å². The Hall–Kier alpha value is -4.13. The van der Waals surface area contributed by atoms with E-state index in [1.165, 1.54) is 0 Å². The summed E-state index contributed by atoms with van der Waals surface area (Å²) in [4.78, 5) is 12.8. The van der Waals surface area contributed by atoms with Crippen LogP contribution in [-0.4, -0.2) is 19.2 Å². The minimum absolute atomic E-state index is 0.0669. The van der Waals surface area contributed by atoms with Crippen molar-refractivity contribution in [3.63, 3.8) is 0 Å². The second kappa shape index (κ2) is 6.70. The maximum absolute atomic E-state index is 12.8. The SMILES string of the molecule is CCn1c(=O)c2ccccc2n2c(COc3ccc4oc5ccccc5c4c3)nnc12. The van der Waals surface area contributed by atoms with Crippen LogP contribution in [0.2, 0.25) is 0 Å². The number of aromatic nitrogens is 4. The summed E-state index contributed by atoms with van der Waals surface area (Å²) in [7, 11) is 0. The Balaban J connectivity index is 1.43. The summed E-state index contributed by atoms with van der Waals surface area (Å²) >= 11 is 0. The summed E-state index contributed by atoms with van der Waals surface area (Å²) in [5.74, 6) is 1.86. The quantitative estimate of drug-likeness (QED) is 0.426. The zero-order valence-electron chi connectivity index (χ0n) is 16.8. The zero-order chi connectivity index (χ0) is 20.9. The molecule has 0 fully saturated rings. The lowest BCUT2D eigenvalue weighted by atomic mass is 10.1. The fraction of sp³-hybridized carbons (Fsp3) is 0.125. The Bertz CT molecular complexity index is 1660. The minimum Gasteiger partial charge on any atom is -0.486 e. The van der Waals surface area contributed by atoms with Crippen molar-refractivity contribution in [1.29, 1.82) is 0 Å². The van der Waals surface area contributed by atoms with Gasteiger partial charge in [-0.1, -0.05) is 30.3 Å². The van der Waals surface area contributed by atoms with Gasteiger partial charge in [0.25, 0.3) is 5.56 Å². The number of fused-ring (bicyclic) bond motifs is 6. The molecule has 0 aliphatic rings. The average molecular weight is 410 g/mol. The molecule has 7 heteroatoms. The average Bonchev–Trinajstić information content (AvgIpc) is 3.39. The molecule has 7 nitrogen and oxygen atoms in total. The predicted molar refractivity (Wildman–Crippen MR) is 118 cm³/mol. The number of hydrogen-bond acceptors (Lipinski definition) is 5. The predicted octanol–water partition coefficient (Wildman–Crippen LogP) is 4.54. The lowest BCUT2D eigenvalue weighted by molar-refractivity contribution is 0.295. The molecule has 0 aliphatic heterocycles. The second-order valence-corrected chi connectivity index (χ2v) is 7.36. The molecule has 6 rings (SSSR count). The zero-order valence-corrected chi connectivity index (χ0v) is 16.8. The monoisotopic (exact) mass is 410 g/mol. The van der Waals surface area contributed by atoms with E-state index < -0.39 is 0 Å². The molecule has 3 heterocycles. The van der Waals surface area contributed by atoms with Crippen molar-refractivity contribution < 1.29 is 9.15 Å². The van der Waals surface area contributed by atoms with Crippen molar-refractivity contribution in [2.24, 2.45) is 0 Å². The van der Waals surface area contributed by atoms with E-state index in [1.54, 1.807) is 4.57 Å². The van der Waals surface area contributed by atoms with E-state index in [-0.39, 0.29) is 12.2 Å². The molecule has 0 atom stereocenters. The van der Waals surface area contributed by atoms with Crippen LogP contribution >= 0.6 is 0 Å². The Kier molecular flexibility index (Phi) is 3.83. The highest BCUT2D eigenvalue weighted by atomic mass is 16.5. The van der Waals surface area contributed by atoms with E-state index in [0.717, 1.165) is 27.5 Å². The summed E-state index contributed by atoms with van der Waals surface area (Å²) in [5.41, 5.74) is 2.37. The highest BCUT2D eigenvalue weighted by Gasteiger charge is 2.16. The van der Waals surface area contributed by atoms with Crippen LogP contribution < -0.4 is 10.3 Å². The summed E-state index contributed by atoms with van der Waals surface area (Å²) < 4.78 is 15.5. The van der Waals surface area contributed by atoms with Gasteiger partial charge in [0.05, 0.1) is 10.9 Å². The van der Waals surface area contributed by atoms with Crippen LogP contribution in [-0.2, 0) is 13.2 Å². The first kappa shape index (κ1) is 17.7. The van der Waals surface area contributed by atoms with Gasteiger partial charge in [-0.3, -0.25) is 13.8 Å². The molecular weight excluding hydrogens is 392 g/mol. The van der Waals surface area contributed by atoms with Gasteiger partial charge in [0.2, 0.25) is 5.78 Å². The number of nitrogens with zero attached hydrogens (tertiary/aromatic N) is 4. The largest absolute Gasteiger partial charge is 0.486 e. The van der Waals surface area contributed by atoms with Crippen LogP contribution in [0.4, 0.5) is 0 Å². The highest BCUT2D eigenvalue weighted by molar-refractivity contribution is 6.05.